The molecule has 0 aliphatic heterocycles. The Morgan fingerprint density at radius 2 is 1.95 bits per heavy atom. The lowest BCUT2D eigenvalue weighted by molar-refractivity contribution is 0.972. The molecule has 0 saturated carbocycles. The topological polar surface area (TPSA) is 66.2 Å². The number of aliphatic imine (C=N–C) groups is 1. The zero-order chi connectivity index (χ0) is 15.4. The minimum absolute atomic E-state index is 0.447. The van der Waals surface area contributed by atoms with E-state index in [-0.39, 0.29) is 0 Å². The van der Waals surface area contributed by atoms with Gasteiger partial charge in [-0.3, -0.25) is 4.99 Å². The Morgan fingerprint density at radius 3 is 2.77 bits per heavy atom. The minimum Gasteiger partial charge on any atom is -0.370 e. The Kier molecular flexibility index (Phi) is 4.10. The van der Waals surface area contributed by atoms with E-state index in [1.54, 1.807) is 0 Å². The molecule has 0 atom stereocenters. The normalized spacial score (nSPS) is 11.8. The average molecular weight is 292 g/mol. The lowest BCUT2D eigenvalue weighted by atomic mass is 10.1. The number of benzene rings is 2. The van der Waals surface area contributed by atoms with Gasteiger partial charge in [0, 0.05) is 29.3 Å². The SMILES string of the molecule is Cc1cccc2c(CCN=C(N)Nc3ccccc3)c[nH]c12. The zero-order valence-corrected chi connectivity index (χ0v) is 12.6. The predicted octanol–water partition coefficient (Wildman–Crippen LogP) is 3.45. The molecule has 1 aromatic heterocycles. The number of anilines is 1. The van der Waals surface area contributed by atoms with E-state index in [9.17, 15) is 0 Å². The van der Waals surface area contributed by atoms with Crippen molar-refractivity contribution >= 4 is 22.5 Å². The summed E-state index contributed by atoms with van der Waals surface area (Å²) in [5.41, 5.74) is 10.6. The van der Waals surface area contributed by atoms with Gasteiger partial charge >= 0.3 is 0 Å². The number of hydrogen-bond acceptors (Lipinski definition) is 1. The van der Waals surface area contributed by atoms with Crippen LogP contribution in [-0.4, -0.2) is 17.5 Å². The van der Waals surface area contributed by atoms with Gasteiger partial charge in [0.05, 0.1) is 0 Å². The molecule has 22 heavy (non-hydrogen) atoms. The first-order chi connectivity index (χ1) is 10.7. The fraction of sp³-hybridized carbons (Fsp3) is 0.167. The van der Waals surface area contributed by atoms with Crippen LogP contribution < -0.4 is 11.1 Å². The number of rotatable bonds is 4. The molecular formula is C18H20N4. The number of nitrogens with two attached hydrogens (primary N) is 1. The van der Waals surface area contributed by atoms with Crippen LogP contribution in [-0.2, 0) is 6.42 Å². The summed E-state index contributed by atoms with van der Waals surface area (Å²) in [6.45, 7) is 2.77. The van der Waals surface area contributed by atoms with Gasteiger partial charge in [-0.05, 0) is 36.6 Å². The Labute approximate surface area is 130 Å². The molecule has 4 nitrogen and oxygen atoms in total. The number of H-pyrrole nitrogens is 1. The van der Waals surface area contributed by atoms with Crippen molar-refractivity contribution in [3.63, 3.8) is 0 Å². The molecule has 3 rings (SSSR count). The second kappa shape index (κ2) is 6.35. The molecule has 0 saturated heterocycles. The van der Waals surface area contributed by atoms with E-state index in [0.717, 1.165) is 12.1 Å². The molecule has 0 aliphatic rings. The number of para-hydroxylation sites is 2. The van der Waals surface area contributed by atoms with Gasteiger partial charge in [0.25, 0.3) is 0 Å². The standard InChI is InChI=1S/C18H20N4/c1-13-6-5-9-16-14(12-21-17(13)16)10-11-20-18(19)22-15-7-3-2-4-8-15/h2-9,12,21H,10-11H2,1H3,(H3,19,20,22). The smallest absolute Gasteiger partial charge is 0.193 e. The first kappa shape index (κ1) is 14.2. The second-order valence-electron chi connectivity index (χ2n) is 5.32. The second-order valence-corrected chi connectivity index (χ2v) is 5.32. The maximum absolute atomic E-state index is 5.91. The summed E-state index contributed by atoms with van der Waals surface area (Å²) < 4.78 is 0. The molecule has 0 fully saturated rings. The third kappa shape index (κ3) is 3.11. The Hall–Kier alpha value is -2.75. The summed E-state index contributed by atoms with van der Waals surface area (Å²) in [5.74, 6) is 0.447. The fourth-order valence-electron chi connectivity index (χ4n) is 2.58. The van der Waals surface area contributed by atoms with Gasteiger partial charge in [-0.25, -0.2) is 0 Å². The van der Waals surface area contributed by atoms with E-state index in [0.29, 0.717) is 12.5 Å². The number of nitrogens with one attached hydrogen (secondary N) is 2. The quantitative estimate of drug-likeness (QED) is 0.509. The lowest BCUT2D eigenvalue weighted by Gasteiger charge is -2.05. The van der Waals surface area contributed by atoms with Crippen molar-refractivity contribution in [2.24, 2.45) is 10.7 Å². The molecule has 4 heteroatoms. The summed E-state index contributed by atoms with van der Waals surface area (Å²) in [6, 6.07) is 16.2. The van der Waals surface area contributed by atoms with Gasteiger partial charge in [-0.2, -0.15) is 0 Å². The highest BCUT2D eigenvalue weighted by atomic mass is 15.1. The van der Waals surface area contributed by atoms with Crippen molar-refractivity contribution in [1.29, 1.82) is 0 Å². The molecule has 0 radical (unpaired) electrons. The molecule has 0 spiro atoms. The highest BCUT2D eigenvalue weighted by Crippen LogP contribution is 2.21. The van der Waals surface area contributed by atoms with Crippen LogP contribution >= 0.6 is 0 Å². The largest absolute Gasteiger partial charge is 0.370 e. The number of aromatic amines is 1. The lowest BCUT2D eigenvalue weighted by Crippen LogP contribution is -2.22. The fourth-order valence-corrected chi connectivity index (χ4v) is 2.58. The summed E-state index contributed by atoms with van der Waals surface area (Å²) in [6.07, 6.45) is 2.93. The van der Waals surface area contributed by atoms with Crippen LogP contribution in [0.4, 0.5) is 5.69 Å². The van der Waals surface area contributed by atoms with Gasteiger partial charge in [-0.15, -0.1) is 0 Å². The summed E-state index contributed by atoms with van der Waals surface area (Å²) in [5, 5.41) is 4.36. The monoisotopic (exact) mass is 292 g/mol. The Balaban J connectivity index is 1.64. The van der Waals surface area contributed by atoms with E-state index in [2.05, 4.69) is 46.6 Å². The van der Waals surface area contributed by atoms with Crippen molar-refractivity contribution in [2.45, 2.75) is 13.3 Å². The molecule has 3 aromatic rings. The maximum atomic E-state index is 5.91. The Morgan fingerprint density at radius 1 is 1.14 bits per heavy atom. The first-order valence-corrected chi connectivity index (χ1v) is 7.41. The van der Waals surface area contributed by atoms with Gasteiger partial charge < -0.3 is 16.0 Å². The third-order valence-electron chi connectivity index (χ3n) is 3.72. The number of aromatic nitrogens is 1. The van der Waals surface area contributed by atoms with Gasteiger partial charge in [0.2, 0.25) is 0 Å². The molecule has 0 unspecified atom stereocenters. The van der Waals surface area contributed by atoms with Crippen LogP contribution in [0.5, 0.6) is 0 Å². The highest BCUT2D eigenvalue weighted by molar-refractivity contribution is 5.92. The Bertz CT molecular complexity index is 787. The van der Waals surface area contributed by atoms with Gasteiger partial charge in [-0.1, -0.05) is 36.4 Å². The summed E-state index contributed by atoms with van der Waals surface area (Å²) in [7, 11) is 0. The average Bonchev–Trinajstić information content (AvgIpc) is 2.93. The van der Waals surface area contributed by atoms with Crippen molar-refractivity contribution in [3.05, 3.63) is 65.9 Å². The summed E-state index contributed by atoms with van der Waals surface area (Å²) in [4.78, 5) is 7.73. The number of nitrogens with zero attached hydrogens (tertiary/aromatic N) is 1. The molecular weight excluding hydrogens is 272 g/mol. The number of aryl methyl sites for hydroxylation is 1. The number of hydrogen-bond donors (Lipinski definition) is 3. The van der Waals surface area contributed by atoms with Crippen LogP contribution in [0, 0.1) is 6.92 Å². The van der Waals surface area contributed by atoms with Crippen molar-refractivity contribution in [1.82, 2.24) is 4.98 Å². The van der Waals surface area contributed by atoms with Crippen molar-refractivity contribution in [2.75, 3.05) is 11.9 Å². The molecule has 4 N–H and O–H groups in total. The third-order valence-corrected chi connectivity index (χ3v) is 3.72. The molecule has 1 heterocycles. The molecule has 2 aromatic carbocycles. The van der Waals surface area contributed by atoms with Gasteiger partial charge in [0.15, 0.2) is 5.96 Å². The number of fused-ring (bicyclic) bond motifs is 1. The summed E-state index contributed by atoms with van der Waals surface area (Å²) >= 11 is 0. The van der Waals surface area contributed by atoms with Crippen molar-refractivity contribution in [3.8, 4) is 0 Å². The van der Waals surface area contributed by atoms with Crippen molar-refractivity contribution < 1.29 is 0 Å². The van der Waals surface area contributed by atoms with E-state index in [4.69, 9.17) is 5.73 Å². The number of guanidine groups is 1. The molecule has 112 valence electrons. The van der Waals surface area contributed by atoms with Gasteiger partial charge in [0.1, 0.15) is 0 Å². The molecule has 0 amide bonds. The van der Waals surface area contributed by atoms with E-state index >= 15 is 0 Å². The molecule has 0 bridgehead atoms. The molecule has 0 aliphatic carbocycles. The van der Waals surface area contributed by atoms with E-state index in [1.807, 2.05) is 30.3 Å². The maximum Gasteiger partial charge on any atom is 0.193 e. The predicted molar refractivity (Wildman–Crippen MR) is 93.3 cm³/mol. The van der Waals surface area contributed by atoms with Crippen LogP contribution in [0.3, 0.4) is 0 Å². The zero-order valence-electron chi connectivity index (χ0n) is 12.6. The van der Waals surface area contributed by atoms with Crippen LogP contribution in [0.25, 0.3) is 10.9 Å². The van der Waals surface area contributed by atoms with Crippen LogP contribution in [0.15, 0.2) is 59.7 Å². The van der Waals surface area contributed by atoms with E-state index in [1.165, 1.54) is 22.0 Å². The first-order valence-electron chi connectivity index (χ1n) is 7.41. The van der Waals surface area contributed by atoms with E-state index < -0.39 is 0 Å². The minimum atomic E-state index is 0.447. The van der Waals surface area contributed by atoms with Crippen LogP contribution in [0.2, 0.25) is 0 Å². The van der Waals surface area contributed by atoms with Crippen LogP contribution in [0.1, 0.15) is 11.1 Å². The highest BCUT2D eigenvalue weighted by Gasteiger charge is 2.04.